The lowest BCUT2D eigenvalue weighted by molar-refractivity contribution is 0.0628. The van der Waals surface area contributed by atoms with Gasteiger partial charge in [0.2, 0.25) is 0 Å². The first-order valence-electron chi connectivity index (χ1n) is 12.0. The van der Waals surface area contributed by atoms with Gasteiger partial charge in [0.15, 0.2) is 0 Å². The van der Waals surface area contributed by atoms with Gasteiger partial charge in [-0.25, -0.2) is 4.98 Å². The Labute approximate surface area is 210 Å². The average molecular weight is 486 g/mol. The summed E-state index contributed by atoms with van der Waals surface area (Å²) in [6.07, 6.45) is 0. The van der Waals surface area contributed by atoms with Crippen molar-refractivity contribution >= 4 is 28.4 Å². The minimum Gasteiger partial charge on any atom is -0.493 e. The second-order valence-corrected chi connectivity index (χ2v) is 9.17. The number of halogens is 1. The smallest absolute Gasteiger partial charge is 0.253 e. The predicted molar refractivity (Wildman–Crippen MR) is 141 cm³/mol. The van der Waals surface area contributed by atoms with Gasteiger partial charge < -0.3 is 9.64 Å². The van der Waals surface area contributed by atoms with Gasteiger partial charge in [-0.05, 0) is 42.8 Å². The van der Waals surface area contributed by atoms with E-state index >= 15 is 0 Å². The second-order valence-electron chi connectivity index (χ2n) is 8.73. The first-order valence-corrected chi connectivity index (χ1v) is 12.4. The number of carbonyl (C=O) groups is 1. The van der Waals surface area contributed by atoms with Crippen molar-refractivity contribution in [3.63, 3.8) is 0 Å². The van der Waals surface area contributed by atoms with Crippen LogP contribution < -0.4 is 4.74 Å². The molecule has 1 saturated heterocycles. The van der Waals surface area contributed by atoms with Crippen LogP contribution in [0.25, 0.3) is 22.2 Å². The fourth-order valence-corrected chi connectivity index (χ4v) is 4.72. The number of piperazine rings is 1. The number of benzene rings is 3. The highest BCUT2D eigenvalue weighted by molar-refractivity contribution is 6.30. The lowest BCUT2D eigenvalue weighted by atomic mass is 10.1. The molecule has 35 heavy (non-hydrogen) atoms. The molecule has 0 spiro atoms. The SMILES string of the molecule is CCOc1cc(-c2cccc(Cl)c2)nc2ccc(C(=O)N3CCN(Cc4ccccc4)CC3)cc12. The monoisotopic (exact) mass is 485 g/mol. The standard InChI is InChI=1S/C29H28ClN3O2/c1-2-35-28-19-27(22-9-6-10-24(30)17-22)31-26-12-11-23(18-25(26)28)29(34)33-15-13-32(14-16-33)20-21-7-4-3-5-8-21/h3-12,17-19H,2,13-16,20H2,1H3. The van der Waals surface area contributed by atoms with Crippen LogP contribution in [0.5, 0.6) is 5.75 Å². The minimum atomic E-state index is 0.0487. The third-order valence-electron chi connectivity index (χ3n) is 6.35. The Balaban J connectivity index is 1.35. The molecule has 0 aliphatic carbocycles. The molecule has 1 aliphatic rings. The van der Waals surface area contributed by atoms with E-state index in [9.17, 15) is 4.79 Å². The molecule has 2 heterocycles. The van der Waals surface area contributed by atoms with Crippen LogP contribution in [0.15, 0.2) is 78.9 Å². The number of fused-ring (bicyclic) bond motifs is 1. The Bertz CT molecular complexity index is 1330. The Morgan fingerprint density at radius 2 is 1.74 bits per heavy atom. The van der Waals surface area contributed by atoms with Gasteiger partial charge in [-0.1, -0.05) is 54.1 Å². The molecule has 1 aliphatic heterocycles. The molecule has 0 atom stereocenters. The van der Waals surface area contributed by atoms with Crippen molar-refractivity contribution in [3.8, 4) is 17.0 Å². The molecule has 6 heteroatoms. The first-order chi connectivity index (χ1) is 17.1. The molecule has 0 radical (unpaired) electrons. The van der Waals surface area contributed by atoms with Gasteiger partial charge in [0.25, 0.3) is 5.91 Å². The Hall–Kier alpha value is -3.41. The number of hydrogen-bond acceptors (Lipinski definition) is 4. The van der Waals surface area contributed by atoms with Gasteiger partial charge in [0.05, 0.1) is 17.8 Å². The highest BCUT2D eigenvalue weighted by atomic mass is 35.5. The highest BCUT2D eigenvalue weighted by Crippen LogP contribution is 2.32. The second kappa shape index (κ2) is 10.5. The molecule has 0 N–H and O–H groups in total. The lowest BCUT2D eigenvalue weighted by Gasteiger charge is -2.34. The fourth-order valence-electron chi connectivity index (χ4n) is 4.53. The van der Waals surface area contributed by atoms with Crippen molar-refractivity contribution in [2.75, 3.05) is 32.8 Å². The zero-order valence-electron chi connectivity index (χ0n) is 19.8. The molecule has 5 nitrogen and oxygen atoms in total. The average Bonchev–Trinajstić information content (AvgIpc) is 2.89. The molecule has 1 aromatic heterocycles. The molecule has 1 fully saturated rings. The van der Waals surface area contributed by atoms with Crippen LogP contribution in [-0.2, 0) is 6.54 Å². The maximum atomic E-state index is 13.3. The summed E-state index contributed by atoms with van der Waals surface area (Å²) in [5, 5.41) is 1.50. The molecule has 0 bridgehead atoms. The summed E-state index contributed by atoms with van der Waals surface area (Å²) < 4.78 is 5.96. The molecule has 1 amide bonds. The number of amides is 1. The zero-order chi connectivity index (χ0) is 24.2. The van der Waals surface area contributed by atoms with Gasteiger partial charge >= 0.3 is 0 Å². The van der Waals surface area contributed by atoms with Crippen LogP contribution in [0.3, 0.4) is 0 Å². The minimum absolute atomic E-state index is 0.0487. The predicted octanol–water partition coefficient (Wildman–Crippen LogP) is 5.91. The van der Waals surface area contributed by atoms with E-state index in [0.717, 1.165) is 47.5 Å². The molecule has 0 saturated carbocycles. The Morgan fingerprint density at radius 1 is 0.943 bits per heavy atom. The van der Waals surface area contributed by atoms with Crippen molar-refractivity contribution in [1.29, 1.82) is 0 Å². The van der Waals surface area contributed by atoms with E-state index in [1.807, 2.05) is 66.4 Å². The van der Waals surface area contributed by atoms with Crippen molar-refractivity contribution < 1.29 is 9.53 Å². The van der Waals surface area contributed by atoms with Crippen molar-refractivity contribution in [1.82, 2.24) is 14.8 Å². The number of ether oxygens (including phenoxy) is 1. The van der Waals surface area contributed by atoms with Gasteiger partial charge in [0.1, 0.15) is 5.75 Å². The van der Waals surface area contributed by atoms with Gasteiger partial charge in [-0.2, -0.15) is 0 Å². The number of hydrogen-bond donors (Lipinski definition) is 0. The molecular weight excluding hydrogens is 458 g/mol. The molecular formula is C29H28ClN3O2. The third-order valence-corrected chi connectivity index (χ3v) is 6.58. The number of carbonyl (C=O) groups excluding carboxylic acids is 1. The van der Waals surface area contributed by atoms with Crippen molar-refractivity contribution in [2.45, 2.75) is 13.5 Å². The lowest BCUT2D eigenvalue weighted by Crippen LogP contribution is -2.48. The summed E-state index contributed by atoms with van der Waals surface area (Å²) >= 11 is 6.19. The summed E-state index contributed by atoms with van der Waals surface area (Å²) in [5.41, 5.74) is 4.46. The molecule has 3 aromatic carbocycles. The maximum absolute atomic E-state index is 13.3. The van der Waals surface area contributed by atoms with Crippen LogP contribution in [-0.4, -0.2) is 53.5 Å². The summed E-state index contributed by atoms with van der Waals surface area (Å²) in [6, 6.07) is 25.7. The number of aromatic nitrogens is 1. The molecule has 5 rings (SSSR count). The van der Waals surface area contributed by atoms with Crippen LogP contribution >= 0.6 is 11.6 Å². The summed E-state index contributed by atoms with van der Waals surface area (Å²) in [4.78, 5) is 22.5. The fraction of sp³-hybridized carbons (Fsp3) is 0.241. The highest BCUT2D eigenvalue weighted by Gasteiger charge is 2.23. The Kier molecular flexibility index (Phi) is 6.98. The van der Waals surface area contributed by atoms with E-state index in [1.165, 1.54) is 5.56 Å². The third kappa shape index (κ3) is 5.31. The van der Waals surface area contributed by atoms with Gasteiger partial charge in [0, 0.05) is 60.3 Å². The van der Waals surface area contributed by atoms with E-state index in [2.05, 4.69) is 29.2 Å². The van der Waals surface area contributed by atoms with Crippen LogP contribution in [0.1, 0.15) is 22.8 Å². The van der Waals surface area contributed by atoms with E-state index < -0.39 is 0 Å². The summed E-state index contributed by atoms with van der Waals surface area (Å²) in [7, 11) is 0. The quantitative estimate of drug-likeness (QED) is 0.340. The van der Waals surface area contributed by atoms with Gasteiger partial charge in [-0.3, -0.25) is 9.69 Å². The first kappa shape index (κ1) is 23.3. The Morgan fingerprint density at radius 3 is 2.49 bits per heavy atom. The van der Waals surface area contributed by atoms with Crippen LogP contribution in [0.2, 0.25) is 5.02 Å². The van der Waals surface area contributed by atoms with Crippen molar-refractivity contribution in [2.24, 2.45) is 0 Å². The van der Waals surface area contributed by atoms with Crippen molar-refractivity contribution in [3.05, 3.63) is 95.0 Å². The largest absolute Gasteiger partial charge is 0.493 e. The van der Waals surface area contributed by atoms with Crippen LogP contribution in [0, 0.1) is 0 Å². The summed E-state index contributed by atoms with van der Waals surface area (Å²) in [5.74, 6) is 0.766. The topological polar surface area (TPSA) is 45.7 Å². The van der Waals surface area contributed by atoms with E-state index in [-0.39, 0.29) is 5.91 Å². The molecule has 0 unspecified atom stereocenters. The van der Waals surface area contributed by atoms with E-state index in [0.29, 0.717) is 30.3 Å². The maximum Gasteiger partial charge on any atom is 0.253 e. The van der Waals surface area contributed by atoms with E-state index in [4.69, 9.17) is 21.3 Å². The van der Waals surface area contributed by atoms with Crippen LogP contribution in [0.4, 0.5) is 0 Å². The normalized spacial score (nSPS) is 14.3. The number of nitrogens with zero attached hydrogens (tertiary/aromatic N) is 3. The number of pyridine rings is 1. The molecule has 178 valence electrons. The summed E-state index contributed by atoms with van der Waals surface area (Å²) in [6.45, 7) is 6.55. The van der Waals surface area contributed by atoms with E-state index in [1.54, 1.807) is 0 Å². The molecule has 4 aromatic rings. The number of rotatable bonds is 6. The zero-order valence-corrected chi connectivity index (χ0v) is 20.5. The van der Waals surface area contributed by atoms with Gasteiger partial charge in [-0.15, -0.1) is 0 Å².